The summed E-state index contributed by atoms with van der Waals surface area (Å²) in [6.07, 6.45) is 0. The highest BCUT2D eigenvalue weighted by Gasteiger charge is 2.13. The maximum Gasteiger partial charge on any atom is 0.482 e. The molecule has 0 unspecified atom stereocenters. The lowest BCUT2D eigenvalue weighted by atomic mass is 10.2. The van der Waals surface area contributed by atoms with Gasteiger partial charge in [-0.05, 0) is 24.3 Å². The van der Waals surface area contributed by atoms with Crippen molar-refractivity contribution in [2.45, 2.75) is 0 Å². The number of hydrogen-bond acceptors (Lipinski definition) is 3. The van der Waals surface area contributed by atoms with Gasteiger partial charge in [-0.25, -0.2) is 4.98 Å². The number of benzene rings is 3. The number of imidazole rings is 1. The molecule has 0 saturated heterocycles. The van der Waals surface area contributed by atoms with Crippen LogP contribution in [0.5, 0.6) is 0 Å². The van der Waals surface area contributed by atoms with Crippen molar-refractivity contribution < 1.29 is 10.0 Å². The van der Waals surface area contributed by atoms with E-state index >= 15 is 0 Å². The van der Waals surface area contributed by atoms with Gasteiger partial charge >= 0.3 is 7.69 Å². The van der Waals surface area contributed by atoms with Gasteiger partial charge in [0.1, 0.15) is 5.82 Å². The number of nitrogens with zero attached hydrogens (tertiary/aromatic N) is 2. The molecule has 0 aliphatic rings. The molecule has 4 nitrogen and oxygen atoms in total. The molecule has 3 aromatic carbocycles. The summed E-state index contributed by atoms with van der Waals surface area (Å²) >= 11 is 0. The summed E-state index contributed by atoms with van der Waals surface area (Å²) < 4.78 is 2.21. The summed E-state index contributed by atoms with van der Waals surface area (Å²) in [5.41, 5.74) is 4.39. The lowest BCUT2D eigenvalue weighted by Gasteiger charge is -2.09. The third kappa shape index (κ3) is 3.22. The summed E-state index contributed by atoms with van der Waals surface area (Å²) in [6.45, 7) is 0. The molecule has 1 aromatic heterocycles. The first-order chi connectivity index (χ1) is 11.8. The van der Waals surface area contributed by atoms with Gasteiger partial charge in [-0.2, -0.15) is 0 Å². The highest BCUT2D eigenvalue weighted by molar-refractivity contribution is 6.13. The fraction of sp³-hybridized carbons (Fsp3) is 0. The van der Waals surface area contributed by atoms with Crippen LogP contribution in [0.3, 0.4) is 0 Å². The second-order valence-corrected chi connectivity index (χ2v) is 5.08. The van der Waals surface area contributed by atoms with Gasteiger partial charge in [0.05, 0.1) is 11.0 Å². The van der Waals surface area contributed by atoms with E-state index in [9.17, 15) is 0 Å². The zero-order valence-corrected chi connectivity index (χ0v) is 12.9. The molecule has 0 fully saturated rings. The van der Waals surface area contributed by atoms with E-state index in [1.54, 1.807) is 0 Å². The van der Waals surface area contributed by atoms with E-state index < -0.39 is 0 Å². The van der Waals surface area contributed by atoms with E-state index in [0.717, 1.165) is 28.1 Å². The van der Waals surface area contributed by atoms with Gasteiger partial charge in [0.25, 0.3) is 0 Å². The zero-order chi connectivity index (χ0) is 16.8. The first-order valence-electron chi connectivity index (χ1n) is 7.53. The molecule has 0 spiro atoms. The monoisotopic (exact) mass is 315 g/mol. The predicted octanol–water partition coefficient (Wildman–Crippen LogP) is 3.20. The molecule has 0 aliphatic carbocycles. The lowest BCUT2D eigenvalue weighted by molar-refractivity contribution is 0.448. The Bertz CT molecular complexity index is 908. The van der Waals surface area contributed by atoms with E-state index in [0.29, 0.717) is 0 Å². The summed E-state index contributed by atoms with van der Waals surface area (Å²) in [6, 6.07) is 28.9. The molecule has 0 saturated carbocycles. The molecule has 1 heterocycles. The number of rotatable bonds is 2. The van der Waals surface area contributed by atoms with Crippen molar-refractivity contribution in [1.29, 1.82) is 0 Å². The molecule has 4 rings (SSSR count). The Morgan fingerprint density at radius 3 is 1.92 bits per heavy atom. The van der Waals surface area contributed by atoms with Crippen LogP contribution in [0.25, 0.3) is 28.1 Å². The molecule has 1 radical (unpaired) electrons. The van der Waals surface area contributed by atoms with E-state index in [4.69, 9.17) is 15.0 Å². The summed E-state index contributed by atoms with van der Waals surface area (Å²) in [7, 11) is 0. The average molecular weight is 315 g/mol. The predicted molar refractivity (Wildman–Crippen MR) is 96.7 cm³/mol. The van der Waals surface area contributed by atoms with Crippen LogP contribution in [0.2, 0.25) is 0 Å². The SMILES string of the molecule is O[B]O.c1ccc(-c2nc3ccccc3n2-c2ccccc2)cc1. The zero-order valence-electron chi connectivity index (χ0n) is 12.9. The van der Waals surface area contributed by atoms with Crippen molar-refractivity contribution in [3.8, 4) is 17.1 Å². The maximum atomic E-state index is 7.00. The molecular formula is C19H16BN2O2. The van der Waals surface area contributed by atoms with E-state index in [2.05, 4.69) is 59.2 Å². The van der Waals surface area contributed by atoms with Gasteiger partial charge in [0.2, 0.25) is 0 Å². The minimum atomic E-state index is 0. The fourth-order valence-electron chi connectivity index (χ4n) is 2.65. The Morgan fingerprint density at radius 1 is 0.708 bits per heavy atom. The van der Waals surface area contributed by atoms with Crippen molar-refractivity contribution in [2.24, 2.45) is 0 Å². The molecule has 2 N–H and O–H groups in total. The van der Waals surface area contributed by atoms with E-state index in [1.165, 1.54) is 0 Å². The van der Waals surface area contributed by atoms with Crippen LogP contribution in [0.4, 0.5) is 0 Å². The highest BCUT2D eigenvalue weighted by Crippen LogP contribution is 2.28. The number of aromatic nitrogens is 2. The highest BCUT2D eigenvalue weighted by atomic mass is 16.4. The average Bonchev–Trinajstić information content (AvgIpc) is 3.03. The molecule has 117 valence electrons. The quantitative estimate of drug-likeness (QED) is 0.559. The maximum absolute atomic E-state index is 7.00. The Kier molecular flexibility index (Phi) is 5.06. The number of para-hydroxylation sites is 3. The van der Waals surface area contributed by atoms with Crippen LogP contribution in [-0.2, 0) is 0 Å². The normalized spacial score (nSPS) is 10.1. The van der Waals surface area contributed by atoms with Crippen LogP contribution in [-0.4, -0.2) is 27.3 Å². The minimum absolute atomic E-state index is 0. The lowest BCUT2D eigenvalue weighted by Crippen LogP contribution is -1.96. The van der Waals surface area contributed by atoms with Gasteiger partial charge < -0.3 is 10.0 Å². The Balaban J connectivity index is 0.000000526. The molecule has 4 aromatic rings. The van der Waals surface area contributed by atoms with Crippen molar-refractivity contribution in [3.63, 3.8) is 0 Å². The van der Waals surface area contributed by atoms with E-state index in [1.807, 2.05) is 30.3 Å². The van der Waals surface area contributed by atoms with Crippen molar-refractivity contribution in [3.05, 3.63) is 84.9 Å². The van der Waals surface area contributed by atoms with Crippen molar-refractivity contribution >= 4 is 18.7 Å². The second-order valence-electron chi connectivity index (χ2n) is 5.08. The first-order valence-corrected chi connectivity index (χ1v) is 7.53. The molecule has 0 amide bonds. The van der Waals surface area contributed by atoms with Gasteiger partial charge in [0.15, 0.2) is 0 Å². The molecule has 24 heavy (non-hydrogen) atoms. The third-order valence-electron chi connectivity index (χ3n) is 3.61. The van der Waals surface area contributed by atoms with Crippen molar-refractivity contribution in [1.82, 2.24) is 9.55 Å². The molecular weight excluding hydrogens is 299 g/mol. The van der Waals surface area contributed by atoms with Crippen LogP contribution >= 0.6 is 0 Å². The first kappa shape index (κ1) is 16.0. The standard InChI is InChI=1S/C19H14N2.BH2O2/c1-3-9-15(10-4-1)19-20-17-13-7-8-14-18(17)21(19)16-11-5-2-6-12-16;2-1-3/h1-14H;2-3H. The number of fused-ring (bicyclic) bond motifs is 1. The number of hydrogen-bond donors (Lipinski definition) is 2. The molecule has 0 atom stereocenters. The van der Waals surface area contributed by atoms with Gasteiger partial charge in [-0.1, -0.05) is 60.7 Å². The third-order valence-corrected chi connectivity index (χ3v) is 3.61. The van der Waals surface area contributed by atoms with Crippen LogP contribution in [0.15, 0.2) is 84.9 Å². The Hall–Kier alpha value is -2.89. The second kappa shape index (κ2) is 7.59. The topological polar surface area (TPSA) is 58.3 Å². The summed E-state index contributed by atoms with van der Waals surface area (Å²) in [5, 5.41) is 14.0. The largest absolute Gasteiger partial charge is 0.482 e. The Labute approximate surface area is 141 Å². The van der Waals surface area contributed by atoms with Gasteiger partial charge in [0, 0.05) is 11.3 Å². The summed E-state index contributed by atoms with van der Waals surface area (Å²) in [4.78, 5) is 4.82. The van der Waals surface area contributed by atoms with Gasteiger partial charge in [-0.3, -0.25) is 4.57 Å². The smallest absolute Gasteiger partial charge is 0.429 e. The fourth-order valence-corrected chi connectivity index (χ4v) is 2.65. The molecule has 0 bridgehead atoms. The van der Waals surface area contributed by atoms with E-state index in [-0.39, 0.29) is 7.69 Å². The van der Waals surface area contributed by atoms with Crippen molar-refractivity contribution in [2.75, 3.05) is 0 Å². The minimum Gasteiger partial charge on any atom is -0.429 e. The van der Waals surface area contributed by atoms with Crippen LogP contribution in [0.1, 0.15) is 0 Å². The molecule has 0 aliphatic heterocycles. The molecule has 5 heteroatoms. The summed E-state index contributed by atoms with van der Waals surface area (Å²) in [5.74, 6) is 0.975. The van der Waals surface area contributed by atoms with Crippen LogP contribution < -0.4 is 0 Å². The van der Waals surface area contributed by atoms with Gasteiger partial charge in [-0.15, -0.1) is 0 Å². The van der Waals surface area contributed by atoms with Crippen LogP contribution in [0, 0.1) is 0 Å². The Morgan fingerprint density at radius 2 is 1.25 bits per heavy atom.